The van der Waals surface area contributed by atoms with Crippen molar-refractivity contribution < 1.29 is 18.7 Å². The summed E-state index contributed by atoms with van der Waals surface area (Å²) >= 11 is 0. The van der Waals surface area contributed by atoms with Crippen molar-refractivity contribution in [2.45, 2.75) is 30.9 Å². The van der Waals surface area contributed by atoms with E-state index in [0.29, 0.717) is 38.0 Å². The number of hydrogen-bond acceptors (Lipinski definition) is 4. The number of hydrogen-bond donors (Lipinski definition) is 0. The minimum Gasteiger partial charge on any atom is -0.369 e. The molecule has 2 amide bonds. The zero-order chi connectivity index (χ0) is 19.7. The minimum absolute atomic E-state index is 0.0415. The first-order valence-electron chi connectivity index (χ1n) is 9.34. The fourth-order valence-corrected chi connectivity index (χ4v) is 4.36. The van der Waals surface area contributed by atoms with Gasteiger partial charge in [-0.1, -0.05) is 12.1 Å². The molecule has 28 heavy (non-hydrogen) atoms. The molecule has 0 saturated carbocycles. The van der Waals surface area contributed by atoms with E-state index in [4.69, 9.17) is 4.74 Å². The van der Waals surface area contributed by atoms with Crippen molar-refractivity contribution in [3.8, 4) is 0 Å². The molecule has 4 rings (SSSR count). The summed E-state index contributed by atoms with van der Waals surface area (Å²) in [6.45, 7) is 1.05. The number of β-lactam (4-membered cyclic amide) rings is 1. The van der Waals surface area contributed by atoms with Crippen LogP contribution in [0.5, 0.6) is 0 Å². The number of benzene rings is 1. The van der Waals surface area contributed by atoms with E-state index in [1.807, 2.05) is 17.0 Å². The molecule has 0 radical (unpaired) electrons. The largest absolute Gasteiger partial charge is 0.369 e. The van der Waals surface area contributed by atoms with Crippen molar-refractivity contribution in [1.82, 2.24) is 9.88 Å². The van der Waals surface area contributed by atoms with E-state index < -0.39 is 11.6 Å². The molecule has 2 aromatic rings. The van der Waals surface area contributed by atoms with Crippen molar-refractivity contribution in [3.05, 3.63) is 60.2 Å². The summed E-state index contributed by atoms with van der Waals surface area (Å²) in [5.41, 5.74) is 0.876. The maximum Gasteiger partial charge on any atom is 0.259 e. The molecule has 2 aliphatic rings. The topological polar surface area (TPSA) is 62.7 Å². The van der Waals surface area contributed by atoms with Crippen molar-refractivity contribution in [2.24, 2.45) is 0 Å². The molecule has 2 aliphatic heterocycles. The molecule has 6 nitrogen and oxygen atoms in total. The summed E-state index contributed by atoms with van der Waals surface area (Å²) in [7, 11) is 1.52. The monoisotopic (exact) mass is 383 g/mol. The summed E-state index contributed by atoms with van der Waals surface area (Å²) in [6.07, 6.45) is 4.30. The molecule has 0 N–H and O–H groups in total. The van der Waals surface area contributed by atoms with E-state index in [-0.39, 0.29) is 17.6 Å². The fraction of sp³-hybridized carbons (Fsp3) is 0.381. The second-order valence-electron chi connectivity index (χ2n) is 7.29. The van der Waals surface area contributed by atoms with Crippen LogP contribution in [0.25, 0.3) is 0 Å². The number of pyridine rings is 1. The number of carbonyl (C=O) groups excluding carboxylic acids is 2. The molecule has 1 spiro atoms. The van der Waals surface area contributed by atoms with Gasteiger partial charge in [0.25, 0.3) is 5.91 Å². The number of ether oxygens (including phenoxy) is 1. The highest BCUT2D eigenvalue weighted by molar-refractivity contribution is 6.07. The summed E-state index contributed by atoms with van der Waals surface area (Å²) in [5.74, 6) is -0.506. The molecule has 0 aliphatic carbocycles. The van der Waals surface area contributed by atoms with E-state index >= 15 is 0 Å². The van der Waals surface area contributed by atoms with Gasteiger partial charge in [0.05, 0.1) is 12.0 Å². The van der Waals surface area contributed by atoms with Gasteiger partial charge < -0.3 is 14.5 Å². The third-order valence-electron chi connectivity index (χ3n) is 5.74. The molecular formula is C21H22FN3O3. The zero-order valence-electron chi connectivity index (χ0n) is 15.7. The fourth-order valence-electron chi connectivity index (χ4n) is 4.36. The molecule has 2 fully saturated rings. The van der Waals surface area contributed by atoms with Gasteiger partial charge in [0, 0.05) is 38.3 Å². The number of piperidine rings is 1. The van der Waals surface area contributed by atoms with Crippen molar-refractivity contribution >= 4 is 17.5 Å². The number of likely N-dealkylation sites (tertiary alicyclic amines) is 1. The van der Waals surface area contributed by atoms with Crippen molar-refractivity contribution in [1.29, 1.82) is 0 Å². The number of carbonyl (C=O) groups is 2. The average molecular weight is 383 g/mol. The minimum atomic E-state index is -0.564. The molecule has 1 aromatic heterocycles. The van der Waals surface area contributed by atoms with Crippen molar-refractivity contribution in [3.63, 3.8) is 0 Å². The molecule has 7 heteroatoms. The Bertz CT molecular complexity index is 881. The highest BCUT2D eigenvalue weighted by atomic mass is 19.1. The maximum atomic E-state index is 13.7. The third kappa shape index (κ3) is 3.05. The lowest BCUT2D eigenvalue weighted by Gasteiger charge is -2.59. The average Bonchev–Trinajstić information content (AvgIpc) is 2.69. The Balaban J connectivity index is 1.49. The molecule has 3 heterocycles. The lowest BCUT2D eigenvalue weighted by molar-refractivity contribution is -0.152. The first kappa shape index (κ1) is 18.6. The number of aromatic nitrogens is 1. The molecule has 1 aromatic carbocycles. The Kier molecular flexibility index (Phi) is 4.85. The second-order valence-corrected chi connectivity index (χ2v) is 7.29. The predicted molar refractivity (Wildman–Crippen MR) is 101 cm³/mol. The molecule has 146 valence electrons. The first-order chi connectivity index (χ1) is 13.5. The summed E-state index contributed by atoms with van der Waals surface area (Å²) in [5, 5.41) is 0. The number of methoxy groups -OCH3 is 1. The number of halogens is 1. The van der Waals surface area contributed by atoms with Crippen LogP contribution in [0.15, 0.2) is 48.8 Å². The normalized spacial score (nSPS) is 20.9. The number of anilines is 1. The van der Waals surface area contributed by atoms with Crippen LogP contribution in [-0.4, -0.2) is 53.5 Å². The van der Waals surface area contributed by atoms with Gasteiger partial charge in [-0.15, -0.1) is 0 Å². The number of nitrogens with zero attached hydrogens (tertiary/aromatic N) is 3. The van der Waals surface area contributed by atoms with E-state index in [9.17, 15) is 14.0 Å². The predicted octanol–water partition coefficient (Wildman–Crippen LogP) is 2.19. The Morgan fingerprint density at radius 2 is 2.07 bits per heavy atom. The highest BCUT2D eigenvalue weighted by Gasteiger charge is 2.62. The van der Waals surface area contributed by atoms with Gasteiger partial charge in [0.15, 0.2) is 6.10 Å². The molecule has 1 unspecified atom stereocenters. The summed E-state index contributed by atoms with van der Waals surface area (Å²) < 4.78 is 19.2. The van der Waals surface area contributed by atoms with E-state index in [2.05, 4.69) is 4.98 Å². The Hall–Kier alpha value is -2.80. The second kappa shape index (κ2) is 7.31. The Morgan fingerprint density at radius 1 is 1.29 bits per heavy atom. The highest BCUT2D eigenvalue weighted by Crippen LogP contribution is 2.45. The van der Waals surface area contributed by atoms with Gasteiger partial charge in [0.2, 0.25) is 5.91 Å². The van der Waals surface area contributed by atoms with Crippen LogP contribution in [0, 0.1) is 5.82 Å². The Labute approximate surface area is 162 Å². The van der Waals surface area contributed by atoms with Crippen LogP contribution >= 0.6 is 0 Å². The molecular weight excluding hydrogens is 361 g/mol. The van der Waals surface area contributed by atoms with Gasteiger partial charge in [0.1, 0.15) is 5.82 Å². The van der Waals surface area contributed by atoms with E-state index in [1.54, 1.807) is 29.4 Å². The van der Waals surface area contributed by atoms with Crippen LogP contribution in [-0.2, 0) is 20.7 Å². The Morgan fingerprint density at radius 3 is 2.71 bits per heavy atom. The molecule has 2 saturated heterocycles. The first-order valence-corrected chi connectivity index (χ1v) is 9.34. The summed E-state index contributed by atoms with van der Waals surface area (Å²) in [6, 6.07) is 9.74. The lowest BCUT2D eigenvalue weighted by atomic mass is 9.72. The van der Waals surface area contributed by atoms with Gasteiger partial charge in [-0.25, -0.2) is 4.39 Å². The standard InChI is InChI=1S/C21H22FN3O3/c1-28-19-20(27)25(17-6-2-5-16(22)13-17)21(19)7-10-24(11-8-21)18(26)12-15-4-3-9-23-14-15/h2-6,9,13-14,19H,7-8,10-12H2,1H3. The lowest BCUT2D eigenvalue weighted by Crippen LogP contribution is -2.78. The molecule has 0 bridgehead atoms. The van der Waals surface area contributed by atoms with Gasteiger partial charge in [-0.2, -0.15) is 0 Å². The number of amides is 2. The van der Waals surface area contributed by atoms with Gasteiger partial charge >= 0.3 is 0 Å². The maximum absolute atomic E-state index is 13.7. The van der Waals surface area contributed by atoms with Crippen LogP contribution in [0.3, 0.4) is 0 Å². The van der Waals surface area contributed by atoms with Crippen LogP contribution in [0.4, 0.5) is 10.1 Å². The van der Waals surface area contributed by atoms with Gasteiger partial charge in [-0.3, -0.25) is 14.6 Å². The van der Waals surface area contributed by atoms with E-state index in [1.165, 1.54) is 19.2 Å². The smallest absolute Gasteiger partial charge is 0.259 e. The third-order valence-corrected chi connectivity index (χ3v) is 5.74. The van der Waals surface area contributed by atoms with Gasteiger partial charge in [-0.05, 0) is 42.7 Å². The summed E-state index contributed by atoms with van der Waals surface area (Å²) in [4.78, 5) is 32.8. The number of rotatable bonds is 4. The zero-order valence-corrected chi connectivity index (χ0v) is 15.7. The van der Waals surface area contributed by atoms with Crippen LogP contribution in [0.2, 0.25) is 0 Å². The quantitative estimate of drug-likeness (QED) is 0.760. The van der Waals surface area contributed by atoms with E-state index in [0.717, 1.165) is 5.56 Å². The van der Waals surface area contributed by atoms with Crippen LogP contribution < -0.4 is 4.90 Å². The SMILES string of the molecule is COC1C(=O)N(c2cccc(F)c2)C12CCN(C(=O)Cc1cccnc1)CC2. The molecule has 1 atom stereocenters. The van der Waals surface area contributed by atoms with Crippen LogP contribution in [0.1, 0.15) is 18.4 Å². The van der Waals surface area contributed by atoms with Crippen molar-refractivity contribution in [2.75, 3.05) is 25.1 Å².